The second-order valence-electron chi connectivity index (χ2n) is 5.37. The number of hydrogen-bond donors (Lipinski definition) is 1. The summed E-state index contributed by atoms with van der Waals surface area (Å²) in [6.45, 7) is 4.63. The van der Waals surface area contributed by atoms with E-state index in [-0.39, 0.29) is 18.1 Å². The standard InChI is InChI=1S/C14H20N2O2/c1-14(2)10-16(11-7-5-4-6-8-11)12(9-17)13(18)15(14)3/h4-8,12,17H,9-10H2,1-3H3. The number of para-hydroxylation sites is 1. The number of aliphatic hydroxyl groups excluding tert-OH is 1. The van der Waals surface area contributed by atoms with E-state index < -0.39 is 6.04 Å². The minimum atomic E-state index is -0.481. The van der Waals surface area contributed by atoms with Gasteiger partial charge < -0.3 is 14.9 Å². The summed E-state index contributed by atoms with van der Waals surface area (Å²) in [7, 11) is 1.80. The molecule has 98 valence electrons. The zero-order valence-electron chi connectivity index (χ0n) is 11.1. The summed E-state index contributed by atoms with van der Waals surface area (Å²) in [6.07, 6.45) is 0. The number of benzene rings is 1. The lowest BCUT2D eigenvalue weighted by atomic mass is 9.95. The molecule has 18 heavy (non-hydrogen) atoms. The van der Waals surface area contributed by atoms with Crippen molar-refractivity contribution >= 4 is 11.6 Å². The number of carbonyl (C=O) groups excluding carboxylic acids is 1. The fourth-order valence-electron chi connectivity index (χ4n) is 2.36. The van der Waals surface area contributed by atoms with Gasteiger partial charge in [0, 0.05) is 19.3 Å². The molecule has 1 aliphatic heterocycles. The van der Waals surface area contributed by atoms with Gasteiger partial charge in [0.1, 0.15) is 6.04 Å². The summed E-state index contributed by atoms with van der Waals surface area (Å²) >= 11 is 0. The van der Waals surface area contributed by atoms with Gasteiger partial charge in [0.25, 0.3) is 0 Å². The maximum absolute atomic E-state index is 12.3. The van der Waals surface area contributed by atoms with Gasteiger partial charge in [-0.15, -0.1) is 0 Å². The Kier molecular flexibility index (Phi) is 3.30. The Balaban J connectivity index is 2.36. The topological polar surface area (TPSA) is 43.8 Å². The summed E-state index contributed by atoms with van der Waals surface area (Å²) in [5.41, 5.74) is 0.740. The summed E-state index contributed by atoms with van der Waals surface area (Å²) in [6, 6.07) is 9.29. The van der Waals surface area contributed by atoms with Crippen molar-refractivity contribution in [2.24, 2.45) is 0 Å². The van der Waals surface area contributed by atoms with Gasteiger partial charge in [0.05, 0.1) is 12.1 Å². The first-order valence-corrected chi connectivity index (χ1v) is 6.17. The number of nitrogens with zero attached hydrogens (tertiary/aromatic N) is 2. The zero-order chi connectivity index (χ0) is 13.3. The zero-order valence-corrected chi connectivity index (χ0v) is 11.1. The van der Waals surface area contributed by atoms with Crippen LogP contribution < -0.4 is 4.90 Å². The first-order valence-electron chi connectivity index (χ1n) is 6.17. The number of likely N-dealkylation sites (N-methyl/N-ethyl adjacent to an activating group) is 1. The van der Waals surface area contributed by atoms with Crippen LogP contribution in [0.5, 0.6) is 0 Å². The van der Waals surface area contributed by atoms with E-state index in [1.54, 1.807) is 11.9 Å². The fourth-order valence-corrected chi connectivity index (χ4v) is 2.36. The van der Waals surface area contributed by atoms with E-state index in [1.807, 2.05) is 49.1 Å². The maximum atomic E-state index is 12.3. The summed E-state index contributed by atoms with van der Waals surface area (Å²) in [5, 5.41) is 9.49. The summed E-state index contributed by atoms with van der Waals surface area (Å²) < 4.78 is 0. The molecule has 0 aliphatic carbocycles. The molecule has 1 N–H and O–H groups in total. The molecular formula is C14H20N2O2. The van der Waals surface area contributed by atoms with Crippen molar-refractivity contribution in [2.45, 2.75) is 25.4 Å². The van der Waals surface area contributed by atoms with Crippen molar-refractivity contribution in [3.63, 3.8) is 0 Å². The van der Waals surface area contributed by atoms with E-state index in [1.165, 1.54) is 0 Å². The highest BCUT2D eigenvalue weighted by atomic mass is 16.3. The number of carbonyl (C=O) groups is 1. The molecule has 0 radical (unpaired) electrons. The molecule has 1 saturated heterocycles. The van der Waals surface area contributed by atoms with Gasteiger partial charge in [-0.2, -0.15) is 0 Å². The van der Waals surface area contributed by atoms with Gasteiger partial charge >= 0.3 is 0 Å². The predicted octanol–water partition coefficient (Wildman–Crippen LogP) is 1.10. The van der Waals surface area contributed by atoms with Crippen LogP contribution in [0.2, 0.25) is 0 Å². The summed E-state index contributed by atoms with van der Waals surface area (Å²) in [5.74, 6) is -0.0300. The second-order valence-corrected chi connectivity index (χ2v) is 5.37. The van der Waals surface area contributed by atoms with Gasteiger partial charge in [0.15, 0.2) is 0 Å². The molecule has 2 rings (SSSR count). The first kappa shape index (κ1) is 12.9. The van der Waals surface area contributed by atoms with Crippen molar-refractivity contribution in [1.29, 1.82) is 0 Å². The van der Waals surface area contributed by atoms with Crippen LogP contribution in [-0.4, -0.2) is 47.7 Å². The second kappa shape index (κ2) is 4.61. The van der Waals surface area contributed by atoms with Crippen LogP contribution in [0.25, 0.3) is 0 Å². The van der Waals surface area contributed by atoms with Crippen molar-refractivity contribution in [1.82, 2.24) is 4.90 Å². The third-order valence-corrected chi connectivity index (χ3v) is 3.72. The van der Waals surface area contributed by atoms with E-state index in [2.05, 4.69) is 0 Å². The minimum absolute atomic E-state index is 0.0300. The Labute approximate surface area is 108 Å². The lowest BCUT2D eigenvalue weighted by Gasteiger charge is -2.49. The van der Waals surface area contributed by atoms with Gasteiger partial charge in [-0.05, 0) is 26.0 Å². The van der Waals surface area contributed by atoms with Gasteiger partial charge in [0.2, 0.25) is 5.91 Å². The van der Waals surface area contributed by atoms with Crippen molar-refractivity contribution in [3.05, 3.63) is 30.3 Å². The molecule has 1 aromatic rings. The molecule has 4 heteroatoms. The van der Waals surface area contributed by atoms with Gasteiger partial charge in [-0.1, -0.05) is 18.2 Å². The Hall–Kier alpha value is -1.55. The molecule has 1 fully saturated rings. The molecule has 0 saturated carbocycles. The molecule has 1 heterocycles. The molecule has 0 spiro atoms. The number of amides is 1. The normalized spacial score (nSPS) is 23.3. The molecule has 0 bridgehead atoms. The quantitative estimate of drug-likeness (QED) is 0.852. The number of rotatable bonds is 2. The largest absolute Gasteiger partial charge is 0.394 e. The lowest BCUT2D eigenvalue weighted by molar-refractivity contribution is -0.139. The molecule has 1 amide bonds. The number of anilines is 1. The van der Waals surface area contributed by atoms with E-state index in [9.17, 15) is 9.90 Å². The van der Waals surface area contributed by atoms with Crippen LogP contribution in [0.3, 0.4) is 0 Å². The minimum Gasteiger partial charge on any atom is -0.394 e. The Morgan fingerprint density at radius 3 is 2.50 bits per heavy atom. The van der Waals surface area contributed by atoms with E-state index >= 15 is 0 Å². The van der Waals surface area contributed by atoms with Crippen molar-refractivity contribution in [2.75, 3.05) is 25.1 Å². The average Bonchev–Trinajstić information content (AvgIpc) is 2.37. The van der Waals surface area contributed by atoms with Crippen LogP contribution in [0, 0.1) is 0 Å². The average molecular weight is 248 g/mol. The highest BCUT2D eigenvalue weighted by Crippen LogP contribution is 2.28. The fraction of sp³-hybridized carbons (Fsp3) is 0.500. The van der Waals surface area contributed by atoms with Crippen LogP contribution >= 0.6 is 0 Å². The SMILES string of the molecule is CN1C(=O)C(CO)N(c2ccccc2)CC1(C)C. The number of piperazine rings is 1. The molecule has 1 aromatic carbocycles. The molecule has 4 nitrogen and oxygen atoms in total. The van der Waals surface area contributed by atoms with E-state index in [0.717, 1.165) is 5.69 Å². The predicted molar refractivity (Wildman–Crippen MR) is 71.5 cm³/mol. The Morgan fingerprint density at radius 2 is 1.94 bits per heavy atom. The Bertz CT molecular complexity index is 431. The van der Waals surface area contributed by atoms with Crippen molar-refractivity contribution < 1.29 is 9.90 Å². The lowest BCUT2D eigenvalue weighted by Crippen LogP contribution is -2.66. The Morgan fingerprint density at radius 1 is 1.33 bits per heavy atom. The van der Waals surface area contributed by atoms with E-state index in [4.69, 9.17) is 0 Å². The van der Waals surface area contributed by atoms with Gasteiger partial charge in [-0.3, -0.25) is 4.79 Å². The highest BCUT2D eigenvalue weighted by Gasteiger charge is 2.42. The maximum Gasteiger partial charge on any atom is 0.247 e. The van der Waals surface area contributed by atoms with Crippen molar-refractivity contribution in [3.8, 4) is 0 Å². The number of hydrogen-bond acceptors (Lipinski definition) is 3. The van der Waals surface area contributed by atoms with Crippen LogP contribution in [-0.2, 0) is 4.79 Å². The molecule has 1 atom stereocenters. The van der Waals surface area contributed by atoms with Gasteiger partial charge in [-0.25, -0.2) is 0 Å². The van der Waals surface area contributed by atoms with Crippen LogP contribution in [0.1, 0.15) is 13.8 Å². The summed E-state index contributed by atoms with van der Waals surface area (Å²) in [4.78, 5) is 16.0. The highest BCUT2D eigenvalue weighted by molar-refractivity contribution is 5.87. The van der Waals surface area contributed by atoms with Crippen LogP contribution in [0.15, 0.2) is 30.3 Å². The molecular weight excluding hydrogens is 228 g/mol. The third-order valence-electron chi connectivity index (χ3n) is 3.72. The first-order chi connectivity index (χ1) is 8.47. The monoisotopic (exact) mass is 248 g/mol. The van der Waals surface area contributed by atoms with E-state index in [0.29, 0.717) is 6.54 Å². The third kappa shape index (κ3) is 2.08. The molecule has 1 aliphatic rings. The molecule has 1 unspecified atom stereocenters. The van der Waals surface area contributed by atoms with Crippen LogP contribution in [0.4, 0.5) is 5.69 Å². The molecule has 0 aromatic heterocycles. The smallest absolute Gasteiger partial charge is 0.247 e. The number of aliphatic hydroxyl groups is 1.